The molecule has 0 saturated heterocycles. The van der Waals surface area contributed by atoms with Crippen molar-refractivity contribution in [3.05, 3.63) is 150 Å². The van der Waals surface area contributed by atoms with Gasteiger partial charge in [0.2, 0.25) is 0 Å². The minimum atomic E-state index is -1.17. The lowest BCUT2D eigenvalue weighted by atomic mass is 9.93. The maximum Gasteiger partial charge on any atom is 0.404 e. The molecule has 1 atom stereocenters. The molecule has 3 amide bonds. The van der Waals surface area contributed by atoms with E-state index >= 15 is 0 Å². The third-order valence-electron chi connectivity index (χ3n) is 8.57. The topological polar surface area (TPSA) is 128 Å². The second-order valence-corrected chi connectivity index (χ2v) is 11.5. The van der Waals surface area contributed by atoms with Crippen molar-refractivity contribution in [1.82, 2.24) is 20.0 Å². The van der Waals surface area contributed by atoms with Crippen molar-refractivity contribution in [2.45, 2.75) is 19.0 Å². The molecule has 0 unspecified atom stereocenters. The molecule has 0 fully saturated rings. The fourth-order valence-corrected chi connectivity index (χ4v) is 6.30. The zero-order valence-electron chi connectivity index (χ0n) is 25.7. The standard InChI is InChI=1S/C38H31N5O5/c44-30-19-20-31-34(22-30)43(40-35(31)37(46)42(27-13-3-1-4-14-27)28-15-5-2-6-16-28)33-18-10-9-17-32(33)36(45)41-24-26-12-8-7-11-25(26)21-29(41)23-39-38(47)48/h1-20,22,29,39,44H,21,23-24H2,(H,47,48)/t29-/m0/s1. The number of nitrogens with one attached hydrogen (secondary N) is 1. The van der Waals surface area contributed by atoms with Gasteiger partial charge in [-0.05, 0) is 66.1 Å². The number of phenols is 1. The molecule has 0 aliphatic carbocycles. The Morgan fingerprint density at radius 1 is 0.792 bits per heavy atom. The van der Waals surface area contributed by atoms with Crippen molar-refractivity contribution in [3.63, 3.8) is 0 Å². The van der Waals surface area contributed by atoms with E-state index in [1.165, 1.54) is 16.8 Å². The summed E-state index contributed by atoms with van der Waals surface area (Å²) in [5.41, 5.74) is 4.64. The average molecular weight is 638 g/mol. The summed E-state index contributed by atoms with van der Waals surface area (Å²) in [5, 5.41) is 27.7. The highest BCUT2D eigenvalue weighted by atomic mass is 16.4. The molecule has 5 aromatic carbocycles. The molecule has 0 spiro atoms. The molecule has 238 valence electrons. The van der Waals surface area contributed by atoms with E-state index in [0.717, 1.165) is 11.1 Å². The Kier molecular flexibility index (Phi) is 8.04. The molecular formula is C38H31N5O5. The number of aromatic hydroxyl groups is 1. The Morgan fingerprint density at radius 3 is 2.10 bits per heavy atom. The molecule has 1 aliphatic rings. The van der Waals surface area contributed by atoms with Gasteiger partial charge in [-0.2, -0.15) is 5.10 Å². The number of carboxylic acid groups (broad SMARTS) is 1. The first-order valence-corrected chi connectivity index (χ1v) is 15.5. The zero-order valence-corrected chi connectivity index (χ0v) is 25.7. The van der Waals surface area contributed by atoms with Gasteiger partial charge in [-0.1, -0.05) is 72.8 Å². The van der Waals surface area contributed by atoms with Gasteiger partial charge in [0.15, 0.2) is 5.69 Å². The Bertz CT molecular complexity index is 2110. The Morgan fingerprint density at radius 2 is 1.42 bits per heavy atom. The number of para-hydroxylation sites is 3. The van der Waals surface area contributed by atoms with Crippen LogP contribution in [-0.2, 0) is 13.0 Å². The molecule has 10 heteroatoms. The minimum absolute atomic E-state index is 0.0260. The largest absolute Gasteiger partial charge is 0.508 e. The van der Waals surface area contributed by atoms with E-state index < -0.39 is 18.0 Å². The third-order valence-corrected chi connectivity index (χ3v) is 8.57. The molecule has 0 saturated carbocycles. The summed E-state index contributed by atoms with van der Waals surface area (Å²) in [6.45, 7) is 0.354. The fourth-order valence-electron chi connectivity index (χ4n) is 6.30. The van der Waals surface area contributed by atoms with Crippen LogP contribution in [0, 0.1) is 0 Å². The van der Waals surface area contributed by atoms with Gasteiger partial charge < -0.3 is 20.4 Å². The molecule has 1 aliphatic heterocycles. The molecule has 1 aromatic heterocycles. The van der Waals surface area contributed by atoms with Gasteiger partial charge in [0.25, 0.3) is 11.8 Å². The van der Waals surface area contributed by atoms with Gasteiger partial charge in [0.1, 0.15) is 5.75 Å². The molecule has 48 heavy (non-hydrogen) atoms. The number of anilines is 2. The van der Waals surface area contributed by atoms with Gasteiger partial charge in [-0.3, -0.25) is 14.5 Å². The van der Waals surface area contributed by atoms with E-state index in [-0.39, 0.29) is 23.9 Å². The normalized spacial score (nSPS) is 13.9. The number of nitrogens with zero attached hydrogens (tertiary/aromatic N) is 4. The minimum Gasteiger partial charge on any atom is -0.508 e. The van der Waals surface area contributed by atoms with Gasteiger partial charge in [0.05, 0.1) is 22.8 Å². The maximum absolute atomic E-state index is 14.5. The summed E-state index contributed by atoms with van der Waals surface area (Å²) in [4.78, 5) is 43.7. The summed E-state index contributed by atoms with van der Waals surface area (Å²) in [6, 6.07) is 37.6. The average Bonchev–Trinajstić information content (AvgIpc) is 3.49. The second kappa shape index (κ2) is 12.8. The lowest BCUT2D eigenvalue weighted by Crippen LogP contribution is -2.50. The number of amides is 3. The molecule has 10 nitrogen and oxygen atoms in total. The van der Waals surface area contributed by atoms with Gasteiger partial charge in [-0.15, -0.1) is 0 Å². The summed E-state index contributed by atoms with van der Waals surface area (Å²) >= 11 is 0. The first-order valence-electron chi connectivity index (χ1n) is 15.5. The second-order valence-electron chi connectivity index (χ2n) is 11.5. The highest BCUT2D eigenvalue weighted by Crippen LogP contribution is 2.33. The molecular weight excluding hydrogens is 606 g/mol. The molecule has 7 rings (SSSR count). The highest BCUT2D eigenvalue weighted by Gasteiger charge is 2.33. The van der Waals surface area contributed by atoms with Crippen LogP contribution in [0.2, 0.25) is 0 Å². The quantitative estimate of drug-likeness (QED) is 0.182. The monoisotopic (exact) mass is 637 g/mol. The lowest BCUT2D eigenvalue weighted by Gasteiger charge is -2.37. The molecule has 3 N–H and O–H groups in total. The van der Waals surface area contributed by atoms with Crippen LogP contribution in [0.15, 0.2) is 127 Å². The number of aromatic nitrogens is 2. The summed E-state index contributed by atoms with van der Waals surface area (Å²) in [7, 11) is 0. The van der Waals surface area contributed by atoms with E-state index in [0.29, 0.717) is 46.5 Å². The number of carbonyl (C=O) groups excluding carboxylic acids is 2. The summed E-state index contributed by atoms with van der Waals surface area (Å²) in [6.07, 6.45) is -0.683. The van der Waals surface area contributed by atoms with Crippen molar-refractivity contribution in [2.75, 3.05) is 11.4 Å². The van der Waals surface area contributed by atoms with Crippen LogP contribution < -0.4 is 10.2 Å². The highest BCUT2D eigenvalue weighted by molar-refractivity contribution is 6.16. The van der Waals surface area contributed by atoms with Crippen LogP contribution in [-0.4, -0.2) is 55.4 Å². The number of hydrogen-bond donors (Lipinski definition) is 3. The Balaban J connectivity index is 1.34. The van der Waals surface area contributed by atoms with Crippen LogP contribution in [0.5, 0.6) is 5.75 Å². The van der Waals surface area contributed by atoms with E-state index in [9.17, 15) is 24.6 Å². The Hall–Kier alpha value is -6.42. The fraction of sp³-hybridized carbons (Fsp3) is 0.105. The number of rotatable bonds is 7. The van der Waals surface area contributed by atoms with Crippen LogP contribution in [0.1, 0.15) is 32.0 Å². The Labute approximate surface area is 276 Å². The van der Waals surface area contributed by atoms with Crippen molar-refractivity contribution in [1.29, 1.82) is 0 Å². The molecule has 2 heterocycles. The third kappa shape index (κ3) is 5.71. The SMILES string of the molecule is O=C(O)NC[C@@H]1Cc2ccccc2CN1C(=O)c1ccccc1-n1nc(C(=O)N(c2ccccc2)c2ccccc2)c2ccc(O)cc21. The van der Waals surface area contributed by atoms with E-state index in [4.69, 9.17) is 5.10 Å². The smallest absolute Gasteiger partial charge is 0.404 e. The molecule has 6 aromatic rings. The van der Waals surface area contributed by atoms with E-state index in [1.54, 1.807) is 40.1 Å². The van der Waals surface area contributed by atoms with Crippen molar-refractivity contribution in [3.8, 4) is 11.4 Å². The van der Waals surface area contributed by atoms with Gasteiger partial charge in [-0.25, -0.2) is 9.48 Å². The van der Waals surface area contributed by atoms with Crippen molar-refractivity contribution in [2.24, 2.45) is 0 Å². The van der Waals surface area contributed by atoms with Gasteiger partial charge in [0, 0.05) is 35.9 Å². The molecule has 0 bridgehead atoms. The summed E-state index contributed by atoms with van der Waals surface area (Å²) in [5.74, 6) is -0.732. The van der Waals surface area contributed by atoms with E-state index in [1.807, 2.05) is 84.9 Å². The number of carbonyl (C=O) groups is 3. The number of hydrogen-bond acceptors (Lipinski definition) is 5. The number of phenolic OH excluding ortho intramolecular Hbond substituents is 1. The van der Waals surface area contributed by atoms with Crippen LogP contribution in [0.25, 0.3) is 16.6 Å². The van der Waals surface area contributed by atoms with Crippen LogP contribution >= 0.6 is 0 Å². The van der Waals surface area contributed by atoms with Crippen LogP contribution in [0.3, 0.4) is 0 Å². The first kappa shape index (κ1) is 30.2. The summed E-state index contributed by atoms with van der Waals surface area (Å²) < 4.78 is 1.52. The van der Waals surface area contributed by atoms with Crippen molar-refractivity contribution < 1.29 is 24.6 Å². The number of benzene rings is 5. The predicted octanol–water partition coefficient (Wildman–Crippen LogP) is 6.54. The van der Waals surface area contributed by atoms with Crippen molar-refractivity contribution >= 4 is 40.2 Å². The number of fused-ring (bicyclic) bond motifs is 2. The predicted molar refractivity (Wildman–Crippen MR) is 182 cm³/mol. The zero-order chi connectivity index (χ0) is 33.2. The first-order chi connectivity index (χ1) is 23.4. The lowest BCUT2D eigenvalue weighted by molar-refractivity contribution is 0.0636. The maximum atomic E-state index is 14.5. The van der Waals surface area contributed by atoms with Crippen LogP contribution in [0.4, 0.5) is 16.2 Å². The van der Waals surface area contributed by atoms with E-state index in [2.05, 4.69) is 5.32 Å². The van der Waals surface area contributed by atoms with Gasteiger partial charge >= 0.3 is 6.09 Å². The molecule has 0 radical (unpaired) electrons.